The molecule has 34 heavy (non-hydrogen) atoms. The summed E-state index contributed by atoms with van der Waals surface area (Å²) in [6.45, 7) is 3.43. The summed E-state index contributed by atoms with van der Waals surface area (Å²) in [5.74, 6) is 1.69. The largest absolute Gasteiger partial charge is 0.507 e. The molecule has 3 N–H and O–H groups in total. The molecule has 1 aliphatic rings. The molecule has 172 valence electrons. The van der Waals surface area contributed by atoms with Crippen molar-refractivity contribution in [3.63, 3.8) is 0 Å². The molecule has 1 aliphatic heterocycles. The lowest BCUT2D eigenvalue weighted by molar-refractivity contribution is 0.0998. The Hall–Kier alpha value is -4.13. The van der Waals surface area contributed by atoms with Gasteiger partial charge in [-0.1, -0.05) is 24.3 Å². The van der Waals surface area contributed by atoms with Crippen molar-refractivity contribution in [1.29, 1.82) is 0 Å². The Bertz CT molecular complexity index is 1400. The van der Waals surface area contributed by atoms with E-state index in [0.717, 1.165) is 40.8 Å². The molecule has 7 heteroatoms. The average molecular weight is 455 g/mol. The predicted octanol–water partition coefficient (Wildman–Crippen LogP) is 4.41. The molecule has 1 saturated heterocycles. The Balaban J connectivity index is 1.60. The van der Waals surface area contributed by atoms with Gasteiger partial charge >= 0.3 is 0 Å². The van der Waals surface area contributed by atoms with Gasteiger partial charge in [0.15, 0.2) is 5.82 Å². The number of carbonyl (C=O) groups excluding carboxylic acids is 1. The van der Waals surface area contributed by atoms with Crippen molar-refractivity contribution in [3.05, 3.63) is 77.4 Å². The van der Waals surface area contributed by atoms with E-state index in [1.165, 1.54) is 0 Å². The topological polar surface area (TPSA) is 102 Å². The van der Waals surface area contributed by atoms with Gasteiger partial charge in [-0.05, 0) is 55.3 Å². The average Bonchev–Trinajstić information content (AvgIpc) is 3.32. The number of nitrogens with two attached hydrogens (primary N) is 1. The Morgan fingerprint density at radius 2 is 1.94 bits per heavy atom. The number of nitrogens with zero attached hydrogens (tertiary/aromatic N) is 3. The molecule has 0 spiro atoms. The first-order chi connectivity index (χ1) is 16.5. The molecule has 0 aliphatic carbocycles. The van der Waals surface area contributed by atoms with Crippen LogP contribution in [0.3, 0.4) is 0 Å². The number of hydrogen-bond donors (Lipinski definition) is 2. The molecule has 1 atom stereocenters. The first-order valence-electron chi connectivity index (χ1n) is 11.2. The van der Waals surface area contributed by atoms with E-state index in [1.54, 1.807) is 31.4 Å². The second-order valence-corrected chi connectivity index (χ2v) is 8.63. The second kappa shape index (κ2) is 8.67. The number of amides is 1. The number of hydrogen-bond acceptors (Lipinski definition) is 6. The van der Waals surface area contributed by atoms with Crippen molar-refractivity contribution < 1.29 is 14.6 Å². The van der Waals surface area contributed by atoms with Crippen molar-refractivity contribution in [1.82, 2.24) is 9.97 Å². The lowest BCUT2D eigenvalue weighted by Gasteiger charge is -2.22. The van der Waals surface area contributed by atoms with Gasteiger partial charge in [-0.3, -0.25) is 4.79 Å². The molecule has 4 aromatic rings. The number of ether oxygens (including phenoxy) is 1. The van der Waals surface area contributed by atoms with Gasteiger partial charge in [0.2, 0.25) is 5.91 Å². The Morgan fingerprint density at radius 1 is 1.12 bits per heavy atom. The summed E-state index contributed by atoms with van der Waals surface area (Å²) < 4.78 is 5.58. The highest BCUT2D eigenvalue weighted by atomic mass is 16.5. The Labute approximate surface area is 197 Å². The number of para-hydroxylation sites is 1. The van der Waals surface area contributed by atoms with Gasteiger partial charge in [0.05, 0.1) is 18.2 Å². The summed E-state index contributed by atoms with van der Waals surface area (Å²) in [7, 11) is 1.61. The number of aromatic hydroxyl groups is 1. The van der Waals surface area contributed by atoms with E-state index < -0.39 is 5.91 Å². The molecule has 7 nitrogen and oxygen atoms in total. The molecule has 0 bridgehead atoms. The normalized spacial score (nSPS) is 15.6. The standard InChI is InChI=1S/C27H26N4O3/c1-16-10-11-18-21(14-16)29-26(19-6-3-4-8-22(19)32)30-27(18)31-13-12-17(15-31)24-20(25(28)33)7-5-9-23(24)34-2/h3-11,14,17,32H,12-13,15H2,1-2H3,(H2,28,33)/t17-/m0/s1. The van der Waals surface area contributed by atoms with Gasteiger partial charge < -0.3 is 20.5 Å². The summed E-state index contributed by atoms with van der Waals surface area (Å²) in [5.41, 5.74) is 9.52. The number of carbonyl (C=O) groups is 1. The SMILES string of the molecule is COc1cccc(C(N)=O)c1[C@H]1CCN(c2nc(-c3ccccc3O)nc3cc(C)ccc23)C1. The molecule has 2 heterocycles. The Morgan fingerprint density at radius 3 is 2.71 bits per heavy atom. The first-order valence-corrected chi connectivity index (χ1v) is 11.2. The van der Waals surface area contributed by atoms with Crippen LogP contribution in [0.2, 0.25) is 0 Å². The van der Waals surface area contributed by atoms with Gasteiger partial charge in [-0.2, -0.15) is 0 Å². The molecule has 0 radical (unpaired) electrons. The van der Waals surface area contributed by atoms with Gasteiger partial charge in [0.1, 0.15) is 17.3 Å². The molecular formula is C27H26N4O3. The number of rotatable bonds is 5. The minimum absolute atomic E-state index is 0.0580. The number of phenols is 1. The van der Waals surface area contributed by atoms with Crippen LogP contribution in [0.1, 0.15) is 33.8 Å². The zero-order valence-electron chi connectivity index (χ0n) is 19.2. The number of primary amides is 1. The van der Waals surface area contributed by atoms with E-state index in [2.05, 4.69) is 4.90 Å². The lowest BCUT2D eigenvalue weighted by Crippen LogP contribution is -2.22. The van der Waals surface area contributed by atoms with Crippen LogP contribution in [0.5, 0.6) is 11.5 Å². The number of fused-ring (bicyclic) bond motifs is 1. The summed E-state index contributed by atoms with van der Waals surface area (Å²) in [6.07, 6.45) is 0.823. The third kappa shape index (κ3) is 3.79. The molecular weight excluding hydrogens is 428 g/mol. The maximum absolute atomic E-state index is 12.1. The fourth-order valence-electron chi connectivity index (χ4n) is 4.79. The van der Waals surface area contributed by atoms with Gasteiger partial charge in [0.25, 0.3) is 0 Å². The van der Waals surface area contributed by atoms with Crippen molar-refractivity contribution in [2.75, 3.05) is 25.1 Å². The van der Waals surface area contributed by atoms with Crippen LogP contribution in [-0.4, -0.2) is 41.2 Å². The van der Waals surface area contributed by atoms with E-state index in [4.69, 9.17) is 20.4 Å². The number of aryl methyl sites for hydroxylation is 1. The van der Waals surface area contributed by atoms with Crippen LogP contribution in [0.4, 0.5) is 5.82 Å². The highest BCUT2D eigenvalue weighted by Gasteiger charge is 2.31. The minimum atomic E-state index is -0.461. The number of anilines is 1. The molecule has 3 aromatic carbocycles. The lowest BCUT2D eigenvalue weighted by atomic mass is 9.92. The van der Waals surface area contributed by atoms with Crippen LogP contribution in [-0.2, 0) is 0 Å². The van der Waals surface area contributed by atoms with Crippen molar-refractivity contribution >= 4 is 22.6 Å². The maximum Gasteiger partial charge on any atom is 0.249 e. The number of aromatic nitrogens is 2. The van der Waals surface area contributed by atoms with Gasteiger partial charge in [-0.25, -0.2) is 9.97 Å². The first kappa shape index (κ1) is 21.7. The van der Waals surface area contributed by atoms with E-state index in [0.29, 0.717) is 29.2 Å². The third-order valence-corrected chi connectivity index (χ3v) is 6.42. The zero-order chi connectivity index (χ0) is 23.8. The van der Waals surface area contributed by atoms with Gasteiger partial charge in [-0.15, -0.1) is 0 Å². The smallest absolute Gasteiger partial charge is 0.249 e. The number of phenolic OH excluding ortho intramolecular Hbond substituents is 1. The van der Waals surface area contributed by atoms with Crippen LogP contribution in [0.15, 0.2) is 60.7 Å². The van der Waals surface area contributed by atoms with Crippen LogP contribution in [0.25, 0.3) is 22.3 Å². The molecule has 0 unspecified atom stereocenters. The molecule has 1 aromatic heterocycles. The monoisotopic (exact) mass is 454 g/mol. The molecule has 1 fully saturated rings. The minimum Gasteiger partial charge on any atom is -0.507 e. The van der Waals surface area contributed by atoms with Crippen molar-refractivity contribution in [2.24, 2.45) is 5.73 Å². The van der Waals surface area contributed by atoms with Crippen molar-refractivity contribution in [2.45, 2.75) is 19.3 Å². The van der Waals surface area contributed by atoms with E-state index in [-0.39, 0.29) is 11.7 Å². The van der Waals surface area contributed by atoms with Gasteiger partial charge in [0, 0.05) is 35.5 Å². The fraction of sp³-hybridized carbons (Fsp3) is 0.222. The molecule has 5 rings (SSSR count). The number of benzene rings is 3. The van der Waals surface area contributed by atoms with Crippen LogP contribution >= 0.6 is 0 Å². The third-order valence-electron chi connectivity index (χ3n) is 6.42. The van der Waals surface area contributed by atoms with E-state index in [9.17, 15) is 9.90 Å². The Kier molecular flexibility index (Phi) is 5.53. The highest BCUT2D eigenvalue weighted by molar-refractivity contribution is 5.95. The summed E-state index contributed by atoms with van der Waals surface area (Å²) in [4.78, 5) is 24.0. The van der Waals surface area contributed by atoms with Crippen LogP contribution < -0.4 is 15.4 Å². The highest BCUT2D eigenvalue weighted by Crippen LogP contribution is 2.39. The zero-order valence-corrected chi connectivity index (χ0v) is 19.2. The summed E-state index contributed by atoms with van der Waals surface area (Å²) >= 11 is 0. The quantitative estimate of drug-likeness (QED) is 0.463. The van der Waals surface area contributed by atoms with Crippen LogP contribution in [0, 0.1) is 6.92 Å². The fourth-order valence-corrected chi connectivity index (χ4v) is 4.79. The maximum atomic E-state index is 12.1. The second-order valence-electron chi connectivity index (χ2n) is 8.63. The number of methoxy groups -OCH3 is 1. The molecule has 0 saturated carbocycles. The summed E-state index contributed by atoms with van der Waals surface area (Å²) in [5, 5.41) is 11.4. The van der Waals surface area contributed by atoms with E-state index in [1.807, 2.05) is 43.3 Å². The summed E-state index contributed by atoms with van der Waals surface area (Å²) in [6, 6.07) is 18.6. The van der Waals surface area contributed by atoms with E-state index >= 15 is 0 Å². The molecule has 1 amide bonds. The van der Waals surface area contributed by atoms with Crippen molar-refractivity contribution in [3.8, 4) is 22.9 Å². The predicted molar refractivity (Wildman–Crippen MR) is 132 cm³/mol.